The number of nitrogens with one attached hydrogen (secondary N) is 1. The second kappa shape index (κ2) is 5.88. The third-order valence-electron chi connectivity index (χ3n) is 3.77. The molecular formula is C14H17N3O3. The number of anilines is 1. The zero-order chi connectivity index (χ0) is 14.6. The van der Waals surface area contributed by atoms with E-state index in [9.17, 15) is 9.90 Å². The Kier molecular flexibility index (Phi) is 4.20. The first kappa shape index (κ1) is 14.3. The number of aromatic nitrogens is 1. The Balaban J connectivity index is 2.17. The maximum Gasteiger partial charge on any atom is 0.311 e. The second-order valence-corrected chi connectivity index (χ2v) is 5.01. The van der Waals surface area contributed by atoms with E-state index in [1.807, 2.05) is 6.92 Å². The Morgan fingerprint density at radius 2 is 2.30 bits per heavy atom. The number of hydrogen-bond donors (Lipinski definition) is 2. The Labute approximate surface area is 117 Å². The zero-order valence-corrected chi connectivity index (χ0v) is 11.3. The molecule has 1 aliphatic heterocycles. The van der Waals surface area contributed by atoms with Crippen molar-refractivity contribution in [1.82, 2.24) is 4.98 Å². The number of nitriles is 1. The van der Waals surface area contributed by atoms with E-state index in [1.54, 1.807) is 12.3 Å². The van der Waals surface area contributed by atoms with Gasteiger partial charge in [-0.05, 0) is 31.4 Å². The third-order valence-corrected chi connectivity index (χ3v) is 3.77. The number of nitrogens with zero attached hydrogens (tertiary/aromatic N) is 2. The van der Waals surface area contributed by atoms with Crippen molar-refractivity contribution in [3.8, 4) is 6.07 Å². The van der Waals surface area contributed by atoms with Crippen LogP contribution in [-0.2, 0) is 9.53 Å². The van der Waals surface area contributed by atoms with Crippen molar-refractivity contribution in [2.24, 2.45) is 5.41 Å². The van der Waals surface area contributed by atoms with E-state index in [1.165, 1.54) is 0 Å². The van der Waals surface area contributed by atoms with Gasteiger partial charge in [0, 0.05) is 26.0 Å². The molecule has 0 radical (unpaired) electrons. The second-order valence-electron chi connectivity index (χ2n) is 5.01. The Bertz CT molecular complexity index is 545. The van der Waals surface area contributed by atoms with Crippen LogP contribution >= 0.6 is 0 Å². The van der Waals surface area contributed by atoms with Crippen LogP contribution in [0.4, 0.5) is 5.82 Å². The summed E-state index contributed by atoms with van der Waals surface area (Å²) in [7, 11) is 0. The highest BCUT2D eigenvalue weighted by Gasteiger charge is 2.40. The van der Waals surface area contributed by atoms with Crippen molar-refractivity contribution in [3.05, 3.63) is 23.4 Å². The topological polar surface area (TPSA) is 95.2 Å². The van der Waals surface area contributed by atoms with Crippen molar-refractivity contribution in [3.63, 3.8) is 0 Å². The lowest BCUT2D eigenvalue weighted by Gasteiger charge is -2.33. The average molecular weight is 275 g/mol. The van der Waals surface area contributed by atoms with Gasteiger partial charge in [0.15, 0.2) is 0 Å². The lowest BCUT2D eigenvalue weighted by molar-refractivity contribution is -0.153. The molecule has 2 heterocycles. The Morgan fingerprint density at radius 1 is 1.60 bits per heavy atom. The molecule has 106 valence electrons. The van der Waals surface area contributed by atoms with Gasteiger partial charge < -0.3 is 15.2 Å². The van der Waals surface area contributed by atoms with Crippen LogP contribution in [0.5, 0.6) is 0 Å². The number of hydrogen-bond acceptors (Lipinski definition) is 5. The fourth-order valence-corrected chi connectivity index (χ4v) is 2.31. The molecule has 1 fully saturated rings. The minimum Gasteiger partial charge on any atom is -0.481 e. The summed E-state index contributed by atoms with van der Waals surface area (Å²) in [6.07, 6.45) is 2.53. The predicted molar refractivity (Wildman–Crippen MR) is 72.3 cm³/mol. The number of pyridine rings is 1. The van der Waals surface area contributed by atoms with Crippen molar-refractivity contribution < 1.29 is 14.6 Å². The molecule has 0 spiro atoms. The van der Waals surface area contributed by atoms with E-state index >= 15 is 0 Å². The first-order valence-corrected chi connectivity index (χ1v) is 6.50. The zero-order valence-electron chi connectivity index (χ0n) is 11.3. The fourth-order valence-electron chi connectivity index (χ4n) is 2.31. The van der Waals surface area contributed by atoms with E-state index in [4.69, 9.17) is 10.00 Å². The van der Waals surface area contributed by atoms with E-state index < -0.39 is 11.4 Å². The van der Waals surface area contributed by atoms with Gasteiger partial charge in [0.05, 0.1) is 11.0 Å². The summed E-state index contributed by atoms with van der Waals surface area (Å²) < 4.78 is 5.23. The molecular weight excluding hydrogens is 258 g/mol. The summed E-state index contributed by atoms with van der Waals surface area (Å²) in [5, 5.41) is 21.6. The number of aliphatic carboxylic acids is 1. The third kappa shape index (κ3) is 2.73. The van der Waals surface area contributed by atoms with Gasteiger partial charge >= 0.3 is 5.97 Å². The highest BCUT2D eigenvalue weighted by molar-refractivity contribution is 5.75. The molecule has 0 aliphatic carbocycles. The summed E-state index contributed by atoms with van der Waals surface area (Å²) in [5.74, 6) is -0.390. The minimum atomic E-state index is -0.851. The van der Waals surface area contributed by atoms with Gasteiger partial charge in [-0.1, -0.05) is 0 Å². The van der Waals surface area contributed by atoms with Gasteiger partial charge in [-0.25, -0.2) is 4.98 Å². The van der Waals surface area contributed by atoms with Crippen molar-refractivity contribution in [1.29, 1.82) is 5.26 Å². The van der Waals surface area contributed by atoms with Crippen LogP contribution in [0.25, 0.3) is 0 Å². The molecule has 1 aromatic rings. The smallest absolute Gasteiger partial charge is 0.311 e. The van der Waals surface area contributed by atoms with Crippen LogP contribution in [0.3, 0.4) is 0 Å². The monoisotopic (exact) mass is 275 g/mol. The normalized spacial score (nSPS) is 17.2. The van der Waals surface area contributed by atoms with Gasteiger partial charge in [-0.2, -0.15) is 5.26 Å². The fraction of sp³-hybridized carbons (Fsp3) is 0.500. The van der Waals surface area contributed by atoms with Crippen molar-refractivity contribution in [2.75, 3.05) is 25.1 Å². The number of carbonyl (C=O) groups is 1. The van der Waals surface area contributed by atoms with Gasteiger partial charge in [-0.15, -0.1) is 0 Å². The Morgan fingerprint density at radius 3 is 2.90 bits per heavy atom. The lowest BCUT2D eigenvalue weighted by Crippen LogP contribution is -2.42. The minimum absolute atomic E-state index is 0.247. The van der Waals surface area contributed by atoms with Crippen LogP contribution in [-0.4, -0.2) is 35.8 Å². The van der Waals surface area contributed by atoms with Gasteiger partial charge in [-0.3, -0.25) is 4.79 Å². The molecule has 1 aromatic heterocycles. The molecule has 0 atom stereocenters. The highest BCUT2D eigenvalue weighted by Crippen LogP contribution is 2.31. The first-order chi connectivity index (χ1) is 9.59. The molecule has 1 aliphatic rings. The molecule has 0 unspecified atom stereocenters. The summed E-state index contributed by atoms with van der Waals surface area (Å²) in [6.45, 7) is 2.96. The standard InChI is InChI=1S/C14H17N3O3/c1-10-2-5-16-12(11(10)8-15)17-9-14(13(18)19)3-6-20-7-4-14/h2,5H,3-4,6-7,9H2,1H3,(H,16,17)(H,18,19). The molecule has 2 rings (SSSR count). The highest BCUT2D eigenvalue weighted by atomic mass is 16.5. The SMILES string of the molecule is Cc1ccnc(NCC2(C(=O)O)CCOCC2)c1C#N. The Hall–Kier alpha value is -2.13. The number of carboxylic acid groups (broad SMARTS) is 1. The maximum absolute atomic E-state index is 11.5. The van der Waals surface area contributed by atoms with E-state index in [0.29, 0.717) is 37.4 Å². The summed E-state index contributed by atoms with van der Waals surface area (Å²) in [5.41, 5.74) is 0.428. The van der Waals surface area contributed by atoms with E-state index in [-0.39, 0.29) is 6.54 Å². The number of carboxylic acids is 1. The molecule has 6 nitrogen and oxygen atoms in total. The van der Waals surface area contributed by atoms with E-state index in [0.717, 1.165) is 5.56 Å². The molecule has 0 aromatic carbocycles. The molecule has 2 N–H and O–H groups in total. The predicted octanol–water partition coefficient (Wildman–Crippen LogP) is 1.55. The van der Waals surface area contributed by atoms with Crippen LogP contribution in [0.2, 0.25) is 0 Å². The van der Waals surface area contributed by atoms with Gasteiger partial charge in [0.1, 0.15) is 11.9 Å². The summed E-state index contributed by atoms with van der Waals surface area (Å²) >= 11 is 0. The quantitative estimate of drug-likeness (QED) is 0.865. The largest absolute Gasteiger partial charge is 0.481 e. The number of rotatable bonds is 4. The average Bonchev–Trinajstić information content (AvgIpc) is 2.46. The molecule has 0 amide bonds. The molecule has 6 heteroatoms. The van der Waals surface area contributed by atoms with Crippen LogP contribution in [0, 0.1) is 23.7 Å². The van der Waals surface area contributed by atoms with Crippen molar-refractivity contribution >= 4 is 11.8 Å². The number of ether oxygens (including phenoxy) is 1. The summed E-state index contributed by atoms with van der Waals surface area (Å²) in [6, 6.07) is 3.85. The van der Waals surface area contributed by atoms with Gasteiger partial charge in [0.25, 0.3) is 0 Å². The van der Waals surface area contributed by atoms with Crippen molar-refractivity contribution in [2.45, 2.75) is 19.8 Å². The molecule has 0 bridgehead atoms. The molecule has 20 heavy (non-hydrogen) atoms. The van der Waals surface area contributed by atoms with Crippen LogP contribution < -0.4 is 5.32 Å². The number of aryl methyl sites for hydroxylation is 1. The van der Waals surface area contributed by atoms with E-state index in [2.05, 4.69) is 16.4 Å². The summed E-state index contributed by atoms with van der Waals surface area (Å²) in [4.78, 5) is 15.7. The van der Waals surface area contributed by atoms with Crippen LogP contribution in [0.15, 0.2) is 12.3 Å². The maximum atomic E-state index is 11.5. The van der Waals surface area contributed by atoms with Crippen LogP contribution in [0.1, 0.15) is 24.0 Å². The van der Waals surface area contributed by atoms with Gasteiger partial charge in [0.2, 0.25) is 0 Å². The molecule has 1 saturated heterocycles. The molecule has 0 saturated carbocycles. The first-order valence-electron chi connectivity index (χ1n) is 6.50. The lowest BCUT2D eigenvalue weighted by atomic mass is 9.80.